The van der Waals surface area contributed by atoms with Crippen molar-refractivity contribution in [3.63, 3.8) is 0 Å². The molecule has 4 rings (SSSR count). The fraction of sp³-hybridized carbons (Fsp3) is 0.440. The van der Waals surface area contributed by atoms with Crippen molar-refractivity contribution in [3.05, 3.63) is 53.1 Å². The van der Waals surface area contributed by atoms with Crippen molar-refractivity contribution < 1.29 is 4.84 Å². The first kappa shape index (κ1) is 20.2. The van der Waals surface area contributed by atoms with E-state index in [1.807, 2.05) is 31.2 Å². The van der Waals surface area contributed by atoms with Gasteiger partial charge in [-0.25, -0.2) is 0 Å². The maximum absolute atomic E-state index is 6.39. The topological polar surface area (TPSA) is 34.0 Å². The Kier molecular flexibility index (Phi) is 5.29. The van der Waals surface area contributed by atoms with Gasteiger partial charge in [0.05, 0.1) is 11.4 Å². The maximum Gasteiger partial charge on any atom is 0.143 e. The van der Waals surface area contributed by atoms with Crippen molar-refractivity contribution in [3.8, 4) is 11.1 Å². The molecule has 0 N–H and O–H groups in total. The Morgan fingerprint density at radius 3 is 2.52 bits per heavy atom. The van der Waals surface area contributed by atoms with Crippen LogP contribution in [0.4, 0.5) is 5.69 Å². The summed E-state index contributed by atoms with van der Waals surface area (Å²) in [7, 11) is 0. The number of hydrogen-bond donors (Lipinski definition) is 0. The lowest BCUT2D eigenvalue weighted by molar-refractivity contribution is -0.0653. The molecule has 0 bridgehead atoms. The molecule has 0 saturated heterocycles. The highest BCUT2D eigenvalue weighted by Gasteiger charge is 2.44. The number of rotatable bonds is 3. The Hall–Kier alpha value is -2.13. The summed E-state index contributed by atoms with van der Waals surface area (Å²) >= 11 is 6.39. The van der Waals surface area contributed by atoms with Crippen LogP contribution < -0.4 is 0 Å². The van der Waals surface area contributed by atoms with Gasteiger partial charge in [-0.05, 0) is 68.2 Å². The number of aliphatic imine (C=N–C) groups is 1. The second-order valence-corrected chi connectivity index (χ2v) is 9.74. The predicted octanol–water partition coefficient (Wildman–Crippen LogP) is 7.52. The van der Waals surface area contributed by atoms with Crippen molar-refractivity contribution in [1.82, 2.24) is 0 Å². The molecule has 0 amide bonds. The third kappa shape index (κ3) is 4.25. The minimum Gasteiger partial charge on any atom is -0.389 e. The molecule has 2 aromatic rings. The van der Waals surface area contributed by atoms with E-state index in [1.165, 1.54) is 12.8 Å². The monoisotopic (exact) mass is 408 g/mol. The molecular weight excluding hydrogens is 380 g/mol. The predicted molar refractivity (Wildman–Crippen MR) is 123 cm³/mol. The standard InChI is InChI=1S/C25H29ClN2O/c1-17-9-10-19(20-7-5-6-8-21(20)26)15-22(17)27-18(2)23-16-25(29-28-23)13-11-24(3,4)12-14-25/h5-10,15H,11-14,16H2,1-4H3. The second kappa shape index (κ2) is 7.60. The Morgan fingerprint density at radius 2 is 1.79 bits per heavy atom. The normalized spacial score (nSPS) is 20.4. The molecule has 0 radical (unpaired) electrons. The van der Waals surface area contributed by atoms with E-state index >= 15 is 0 Å². The van der Waals surface area contributed by atoms with E-state index in [4.69, 9.17) is 21.4 Å². The van der Waals surface area contributed by atoms with Gasteiger partial charge in [0.15, 0.2) is 0 Å². The molecule has 1 fully saturated rings. The highest BCUT2D eigenvalue weighted by atomic mass is 35.5. The summed E-state index contributed by atoms with van der Waals surface area (Å²) in [5.74, 6) is 0. The van der Waals surface area contributed by atoms with Crippen LogP contribution in [0.2, 0.25) is 5.02 Å². The maximum atomic E-state index is 6.39. The molecule has 1 aliphatic heterocycles. The van der Waals surface area contributed by atoms with E-state index in [0.717, 1.165) is 58.1 Å². The summed E-state index contributed by atoms with van der Waals surface area (Å²) in [4.78, 5) is 10.9. The van der Waals surface area contributed by atoms with Crippen molar-refractivity contribution >= 4 is 28.7 Å². The summed E-state index contributed by atoms with van der Waals surface area (Å²) in [6, 6.07) is 14.2. The minimum atomic E-state index is -0.115. The lowest BCUT2D eigenvalue weighted by atomic mass is 9.69. The van der Waals surface area contributed by atoms with E-state index in [1.54, 1.807) is 0 Å². The number of aryl methyl sites for hydroxylation is 1. The number of halogens is 1. The molecule has 152 valence electrons. The van der Waals surface area contributed by atoms with Gasteiger partial charge in [-0.1, -0.05) is 60.9 Å². The van der Waals surface area contributed by atoms with Gasteiger partial charge in [0.1, 0.15) is 11.3 Å². The third-order valence-corrected chi connectivity index (χ3v) is 6.78. The molecule has 4 heteroatoms. The van der Waals surface area contributed by atoms with Gasteiger partial charge in [-0.2, -0.15) is 0 Å². The zero-order chi connectivity index (χ0) is 20.6. The molecule has 1 aliphatic carbocycles. The van der Waals surface area contributed by atoms with E-state index in [-0.39, 0.29) is 5.60 Å². The van der Waals surface area contributed by atoms with Crippen LogP contribution in [0.15, 0.2) is 52.6 Å². The molecule has 2 aliphatic rings. The fourth-order valence-corrected chi connectivity index (χ4v) is 4.45. The first-order valence-electron chi connectivity index (χ1n) is 10.4. The Balaban J connectivity index is 1.56. The molecule has 1 heterocycles. The van der Waals surface area contributed by atoms with Gasteiger partial charge in [-0.15, -0.1) is 0 Å². The van der Waals surface area contributed by atoms with E-state index in [9.17, 15) is 0 Å². The van der Waals surface area contributed by atoms with Gasteiger partial charge in [-0.3, -0.25) is 4.99 Å². The van der Waals surface area contributed by atoms with Crippen LogP contribution >= 0.6 is 11.6 Å². The van der Waals surface area contributed by atoms with Crippen molar-refractivity contribution in [2.45, 2.75) is 65.4 Å². The number of hydrogen-bond acceptors (Lipinski definition) is 3. The lowest BCUT2D eigenvalue weighted by Crippen LogP contribution is -2.37. The molecule has 0 aromatic heterocycles. The highest BCUT2D eigenvalue weighted by molar-refractivity contribution is 6.42. The summed E-state index contributed by atoms with van der Waals surface area (Å²) in [6.07, 6.45) is 5.38. The van der Waals surface area contributed by atoms with Crippen LogP contribution in [0.25, 0.3) is 11.1 Å². The summed E-state index contributed by atoms with van der Waals surface area (Å²) in [5, 5.41) is 5.19. The lowest BCUT2D eigenvalue weighted by Gasteiger charge is -2.39. The summed E-state index contributed by atoms with van der Waals surface area (Å²) in [5.41, 5.74) is 6.39. The molecule has 3 nitrogen and oxygen atoms in total. The molecular formula is C25H29ClN2O. The van der Waals surface area contributed by atoms with E-state index < -0.39 is 0 Å². The second-order valence-electron chi connectivity index (χ2n) is 9.33. The first-order chi connectivity index (χ1) is 13.8. The average Bonchev–Trinajstić information content (AvgIpc) is 3.11. The molecule has 1 saturated carbocycles. The van der Waals surface area contributed by atoms with Crippen LogP contribution in [0.3, 0.4) is 0 Å². The minimum absolute atomic E-state index is 0.115. The van der Waals surface area contributed by atoms with E-state index in [2.05, 4.69) is 44.1 Å². The van der Waals surface area contributed by atoms with Crippen LogP contribution in [0.1, 0.15) is 58.4 Å². The molecule has 29 heavy (non-hydrogen) atoms. The van der Waals surface area contributed by atoms with Crippen LogP contribution in [0, 0.1) is 12.3 Å². The molecule has 0 atom stereocenters. The van der Waals surface area contributed by atoms with Crippen molar-refractivity contribution in [1.29, 1.82) is 0 Å². The Bertz CT molecular complexity index is 980. The molecule has 1 spiro atoms. The first-order valence-corrected chi connectivity index (χ1v) is 10.8. The van der Waals surface area contributed by atoms with Crippen LogP contribution in [0.5, 0.6) is 0 Å². The van der Waals surface area contributed by atoms with Gasteiger partial charge in [0, 0.05) is 17.0 Å². The van der Waals surface area contributed by atoms with Crippen molar-refractivity contribution in [2.24, 2.45) is 15.6 Å². The fourth-order valence-electron chi connectivity index (χ4n) is 4.20. The van der Waals surface area contributed by atoms with Gasteiger partial charge in [0.2, 0.25) is 0 Å². The SMILES string of the molecule is CC(=Nc1cc(-c2ccccc2Cl)ccc1C)C1=NOC2(CCC(C)(C)CC2)C1. The molecule has 2 aromatic carbocycles. The zero-order valence-electron chi connectivity index (χ0n) is 17.8. The summed E-state index contributed by atoms with van der Waals surface area (Å²) < 4.78 is 0. The van der Waals surface area contributed by atoms with E-state index in [0.29, 0.717) is 5.41 Å². The zero-order valence-corrected chi connectivity index (χ0v) is 18.5. The Labute approximate surface area is 178 Å². The summed E-state index contributed by atoms with van der Waals surface area (Å²) in [6.45, 7) is 8.81. The highest BCUT2D eigenvalue weighted by Crippen LogP contribution is 2.46. The average molecular weight is 409 g/mol. The number of nitrogens with zero attached hydrogens (tertiary/aromatic N) is 2. The van der Waals surface area contributed by atoms with Gasteiger partial charge >= 0.3 is 0 Å². The number of oxime groups is 1. The largest absolute Gasteiger partial charge is 0.389 e. The van der Waals surface area contributed by atoms with Gasteiger partial charge < -0.3 is 4.84 Å². The smallest absolute Gasteiger partial charge is 0.143 e. The molecule has 0 unspecified atom stereocenters. The Morgan fingerprint density at radius 1 is 1.07 bits per heavy atom. The third-order valence-electron chi connectivity index (χ3n) is 6.45. The van der Waals surface area contributed by atoms with Gasteiger partial charge in [0.25, 0.3) is 0 Å². The van der Waals surface area contributed by atoms with Crippen molar-refractivity contribution in [2.75, 3.05) is 0 Å². The van der Waals surface area contributed by atoms with Crippen LogP contribution in [-0.4, -0.2) is 17.0 Å². The van der Waals surface area contributed by atoms with Crippen LogP contribution in [-0.2, 0) is 4.84 Å². The number of benzene rings is 2. The quantitative estimate of drug-likeness (QED) is 0.483.